The third-order valence-corrected chi connectivity index (χ3v) is 4.09. The predicted octanol–water partition coefficient (Wildman–Crippen LogP) is 3.75. The molecule has 0 spiro atoms. The second kappa shape index (κ2) is 5.89. The molecule has 0 fully saturated rings. The van der Waals surface area contributed by atoms with Gasteiger partial charge < -0.3 is 5.73 Å². The van der Waals surface area contributed by atoms with E-state index in [1.54, 1.807) is 0 Å². The molecule has 0 aliphatic heterocycles. The first kappa shape index (κ1) is 12.2. The van der Waals surface area contributed by atoms with Gasteiger partial charge in [0, 0.05) is 17.2 Å². The summed E-state index contributed by atoms with van der Waals surface area (Å²) in [5.74, 6) is 0.999. The van der Waals surface area contributed by atoms with Crippen molar-refractivity contribution in [1.82, 2.24) is 0 Å². The van der Waals surface area contributed by atoms with E-state index in [1.807, 2.05) is 17.8 Å². The topological polar surface area (TPSA) is 26.0 Å². The van der Waals surface area contributed by atoms with Crippen LogP contribution in [0.5, 0.6) is 0 Å². The molecular formula is C15H17NS. The van der Waals surface area contributed by atoms with E-state index in [-0.39, 0.29) is 0 Å². The van der Waals surface area contributed by atoms with Crippen molar-refractivity contribution in [2.24, 2.45) is 5.73 Å². The van der Waals surface area contributed by atoms with Crippen LogP contribution in [0.2, 0.25) is 0 Å². The third-order valence-electron chi connectivity index (χ3n) is 2.74. The number of thioether (sulfide) groups is 1. The van der Waals surface area contributed by atoms with Crippen LogP contribution in [-0.2, 0) is 12.3 Å². The Bertz CT molecular complexity index is 480. The van der Waals surface area contributed by atoms with Crippen molar-refractivity contribution in [1.29, 1.82) is 0 Å². The minimum Gasteiger partial charge on any atom is -0.326 e. The van der Waals surface area contributed by atoms with Crippen LogP contribution >= 0.6 is 11.8 Å². The van der Waals surface area contributed by atoms with E-state index in [1.165, 1.54) is 21.6 Å². The van der Waals surface area contributed by atoms with Gasteiger partial charge in [0.2, 0.25) is 0 Å². The van der Waals surface area contributed by atoms with Gasteiger partial charge >= 0.3 is 0 Å². The molecule has 2 N–H and O–H groups in total. The molecule has 2 aromatic carbocycles. The summed E-state index contributed by atoms with van der Waals surface area (Å²) in [7, 11) is 0. The quantitative estimate of drug-likeness (QED) is 0.828. The Morgan fingerprint density at radius 3 is 2.47 bits per heavy atom. The van der Waals surface area contributed by atoms with Gasteiger partial charge in [-0.25, -0.2) is 0 Å². The lowest BCUT2D eigenvalue weighted by atomic mass is 10.1. The molecule has 0 aliphatic carbocycles. The average molecular weight is 243 g/mol. The molecule has 17 heavy (non-hydrogen) atoms. The first-order valence-electron chi connectivity index (χ1n) is 5.76. The Hall–Kier alpha value is -1.25. The summed E-state index contributed by atoms with van der Waals surface area (Å²) in [6, 6.07) is 16.9. The van der Waals surface area contributed by atoms with Crippen molar-refractivity contribution in [3.05, 3.63) is 65.2 Å². The maximum absolute atomic E-state index is 5.78. The lowest BCUT2D eigenvalue weighted by Gasteiger charge is -2.10. The van der Waals surface area contributed by atoms with Crippen molar-refractivity contribution >= 4 is 11.8 Å². The highest BCUT2D eigenvalue weighted by Gasteiger charge is 2.05. The normalized spacial score (nSPS) is 10.5. The highest BCUT2D eigenvalue weighted by atomic mass is 32.2. The second-order valence-electron chi connectivity index (χ2n) is 4.04. The fourth-order valence-electron chi connectivity index (χ4n) is 1.81. The Morgan fingerprint density at radius 1 is 1.00 bits per heavy atom. The molecule has 0 radical (unpaired) electrons. The van der Waals surface area contributed by atoms with E-state index >= 15 is 0 Å². The Labute approximate surface area is 107 Å². The van der Waals surface area contributed by atoms with Gasteiger partial charge in [0.1, 0.15) is 0 Å². The van der Waals surface area contributed by atoms with Gasteiger partial charge in [-0.3, -0.25) is 0 Å². The van der Waals surface area contributed by atoms with E-state index in [0.717, 1.165) is 5.75 Å². The van der Waals surface area contributed by atoms with Crippen molar-refractivity contribution in [2.75, 3.05) is 0 Å². The third kappa shape index (κ3) is 3.11. The molecule has 0 bridgehead atoms. The molecule has 0 aliphatic rings. The lowest BCUT2D eigenvalue weighted by Crippen LogP contribution is -1.99. The molecule has 2 aromatic rings. The molecule has 0 heterocycles. The highest BCUT2D eigenvalue weighted by Crippen LogP contribution is 2.29. The van der Waals surface area contributed by atoms with E-state index in [0.29, 0.717) is 6.54 Å². The number of hydrogen-bond donors (Lipinski definition) is 1. The summed E-state index contributed by atoms with van der Waals surface area (Å²) in [5.41, 5.74) is 9.68. The van der Waals surface area contributed by atoms with Crippen molar-refractivity contribution in [2.45, 2.75) is 24.1 Å². The molecule has 2 rings (SSSR count). The van der Waals surface area contributed by atoms with Crippen LogP contribution in [0.15, 0.2) is 53.4 Å². The van der Waals surface area contributed by atoms with Gasteiger partial charge in [-0.1, -0.05) is 48.5 Å². The van der Waals surface area contributed by atoms with Gasteiger partial charge in [0.05, 0.1) is 0 Å². The summed E-state index contributed by atoms with van der Waals surface area (Å²) < 4.78 is 0. The summed E-state index contributed by atoms with van der Waals surface area (Å²) >= 11 is 1.87. The first-order valence-corrected chi connectivity index (χ1v) is 6.75. The van der Waals surface area contributed by atoms with Crippen LogP contribution < -0.4 is 5.73 Å². The van der Waals surface area contributed by atoms with E-state index in [9.17, 15) is 0 Å². The molecule has 2 heteroatoms. The molecule has 0 amide bonds. The fourth-order valence-corrected chi connectivity index (χ4v) is 2.95. The van der Waals surface area contributed by atoms with Crippen molar-refractivity contribution in [3.8, 4) is 0 Å². The molecule has 0 atom stereocenters. The van der Waals surface area contributed by atoms with Crippen LogP contribution in [0.25, 0.3) is 0 Å². The SMILES string of the molecule is Cc1cccc(CN)c1SCc1ccccc1. The zero-order valence-corrected chi connectivity index (χ0v) is 10.8. The van der Waals surface area contributed by atoms with Gasteiger partial charge in [0.15, 0.2) is 0 Å². The summed E-state index contributed by atoms with van der Waals surface area (Å²) in [5, 5.41) is 0. The molecule has 0 saturated heterocycles. The van der Waals surface area contributed by atoms with E-state index in [2.05, 4.69) is 49.4 Å². The molecule has 88 valence electrons. The van der Waals surface area contributed by atoms with Crippen LogP contribution in [0, 0.1) is 6.92 Å². The summed E-state index contributed by atoms with van der Waals surface area (Å²) in [6.45, 7) is 2.76. The molecule has 0 unspecified atom stereocenters. The average Bonchev–Trinajstić information content (AvgIpc) is 2.38. The van der Waals surface area contributed by atoms with Crippen LogP contribution in [0.3, 0.4) is 0 Å². The lowest BCUT2D eigenvalue weighted by molar-refractivity contribution is 1.01. The van der Waals surface area contributed by atoms with E-state index < -0.39 is 0 Å². The van der Waals surface area contributed by atoms with Gasteiger partial charge in [-0.05, 0) is 23.6 Å². The van der Waals surface area contributed by atoms with Gasteiger partial charge in [-0.15, -0.1) is 11.8 Å². The second-order valence-corrected chi connectivity index (χ2v) is 5.03. The Morgan fingerprint density at radius 2 is 1.76 bits per heavy atom. The van der Waals surface area contributed by atoms with Gasteiger partial charge in [0.25, 0.3) is 0 Å². The number of aryl methyl sites for hydroxylation is 1. The highest BCUT2D eigenvalue weighted by molar-refractivity contribution is 7.98. The van der Waals surface area contributed by atoms with Gasteiger partial charge in [-0.2, -0.15) is 0 Å². The van der Waals surface area contributed by atoms with Crippen molar-refractivity contribution < 1.29 is 0 Å². The monoisotopic (exact) mass is 243 g/mol. The smallest absolute Gasteiger partial charge is 0.0232 e. The Balaban J connectivity index is 2.14. The summed E-state index contributed by atoms with van der Waals surface area (Å²) in [6.07, 6.45) is 0. The molecule has 1 nitrogen and oxygen atoms in total. The number of hydrogen-bond acceptors (Lipinski definition) is 2. The zero-order valence-electron chi connectivity index (χ0n) is 10.0. The number of nitrogens with two attached hydrogens (primary N) is 1. The standard InChI is InChI=1S/C15H17NS/c1-12-6-5-9-14(10-16)15(12)17-11-13-7-3-2-4-8-13/h2-9H,10-11,16H2,1H3. The van der Waals surface area contributed by atoms with Crippen LogP contribution in [0.1, 0.15) is 16.7 Å². The molecule has 0 aromatic heterocycles. The van der Waals surface area contributed by atoms with E-state index in [4.69, 9.17) is 5.73 Å². The fraction of sp³-hybridized carbons (Fsp3) is 0.200. The maximum Gasteiger partial charge on any atom is 0.0232 e. The largest absolute Gasteiger partial charge is 0.326 e. The van der Waals surface area contributed by atoms with Crippen LogP contribution in [0.4, 0.5) is 0 Å². The van der Waals surface area contributed by atoms with Crippen molar-refractivity contribution in [3.63, 3.8) is 0 Å². The number of benzene rings is 2. The molecular weight excluding hydrogens is 226 g/mol. The maximum atomic E-state index is 5.78. The molecule has 0 saturated carbocycles. The Kier molecular flexibility index (Phi) is 4.24. The first-order chi connectivity index (χ1) is 8.31. The zero-order chi connectivity index (χ0) is 12.1. The minimum atomic E-state index is 0.610. The number of rotatable bonds is 4. The predicted molar refractivity (Wildman–Crippen MR) is 75.1 cm³/mol. The summed E-state index contributed by atoms with van der Waals surface area (Å²) in [4.78, 5) is 1.33. The van der Waals surface area contributed by atoms with Crippen LogP contribution in [-0.4, -0.2) is 0 Å². The minimum absolute atomic E-state index is 0.610.